The van der Waals surface area contributed by atoms with Crippen LogP contribution in [0, 0.1) is 17.2 Å². The Kier molecular flexibility index (Phi) is 4.76. The second-order valence-electron chi connectivity index (χ2n) is 5.83. The summed E-state index contributed by atoms with van der Waals surface area (Å²) in [5.41, 5.74) is 0.308. The summed E-state index contributed by atoms with van der Waals surface area (Å²) in [6.45, 7) is 7.95. The summed E-state index contributed by atoms with van der Waals surface area (Å²) in [5.74, 6) is 0.584. The molecule has 0 radical (unpaired) electrons. The van der Waals surface area contributed by atoms with E-state index >= 15 is 0 Å². The zero-order chi connectivity index (χ0) is 12.2. The monoisotopic (exact) mass is 223 g/mol. The first-order valence-electron chi connectivity index (χ1n) is 6.22. The summed E-state index contributed by atoms with van der Waals surface area (Å²) in [4.78, 5) is 4.78. The third kappa shape index (κ3) is 3.77. The lowest BCUT2D eigenvalue weighted by molar-refractivity contribution is 0.0413. The number of likely N-dealkylation sites (tertiary alicyclic amines) is 1. The van der Waals surface area contributed by atoms with Crippen molar-refractivity contribution in [2.24, 2.45) is 5.92 Å². The Bertz CT molecular complexity index is 252. The van der Waals surface area contributed by atoms with Crippen molar-refractivity contribution in [3.05, 3.63) is 0 Å². The average Bonchev–Trinajstić information content (AvgIpc) is 2.19. The Balaban J connectivity index is 2.51. The van der Waals surface area contributed by atoms with E-state index in [0.717, 1.165) is 19.6 Å². The smallest absolute Gasteiger partial charge is 0.0625 e. The van der Waals surface area contributed by atoms with E-state index in [9.17, 15) is 0 Å². The van der Waals surface area contributed by atoms with Crippen LogP contribution in [-0.2, 0) is 0 Å². The Morgan fingerprint density at radius 1 is 1.44 bits per heavy atom. The lowest BCUT2D eigenvalue weighted by atomic mass is 9.83. The molecule has 3 nitrogen and oxygen atoms in total. The number of piperidine rings is 1. The van der Waals surface area contributed by atoms with Crippen LogP contribution in [0.25, 0.3) is 0 Å². The van der Waals surface area contributed by atoms with Gasteiger partial charge in [-0.25, -0.2) is 0 Å². The molecular weight excluding hydrogens is 198 g/mol. The van der Waals surface area contributed by atoms with Crippen LogP contribution in [0.4, 0.5) is 0 Å². The van der Waals surface area contributed by atoms with E-state index in [1.165, 1.54) is 12.8 Å². The third-order valence-electron chi connectivity index (χ3n) is 3.70. The van der Waals surface area contributed by atoms with Crippen LogP contribution < -0.4 is 0 Å². The van der Waals surface area contributed by atoms with E-state index < -0.39 is 0 Å². The molecular formula is C13H25N3. The average molecular weight is 223 g/mol. The molecule has 16 heavy (non-hydrogen) atoms. The van der Waals surface area contributed by atoms with Crippen molar-refractivity contribution in [3.8, 4) is 6.07 Å². The van der Waals surface area contributed by atoms with Gasteiger partial charge in [0.15, 0.2) is 0 Å². The van der Waals surface area contributed by atoms with Crippen molar-refractivity contribution >= 4 is 0 Å². The molecule has 1 aliphatic heterocycles. The van der Waals surface area contributed by atoms with Gasteiger partial charge in [-0.1, -0.05) is 0 Å². The van der Waals surface area contributed by atoms with E-state index in [2.05, 4.69) is 43.8 Å². The summed E-state index contributed by atoms with van der Waals surface area (Å²) in [5, 5.41) is 8.78. The largest absolute Gasteiger partial charge is 0.308 e. The van der Waals surface area contributed by atoms with Crippen LogP contribution >= 0.6 is 0 Å². The van der Waals surface area contributed by atoms with Crippen LogP contribution in [0.1, 0.15) is 33.1 Å². The molecule has 0 amide bonds. The van der Waals surface area contributed by atoms with E-state index in [-0.39, 0.29) is 0 Å². The summed E-state index contributed by atoms with van der Waals surface area (Å²) in [7, 11) is 4.23. The molecule has 0 aromatic rings. The molecule has 0 aliphatic carbocycles. The predicted molar refractivity (Wildman–Crippen MR) is 67.2 cm³/mol. The minimum atomic E-state index is 0.308. The number of hydrogen-bond acceptors (Lipinski definition) is 3. The highest BCUT2D eigenvalue weighted by Gasteiger charge is 2.33. The quantitative estimate of drug-likeness (QED) is 0.730. The highest BCUT2D eigenvalue weighted by atomic mass is 15.2. The maximum absolute atomic E-state index is 8.78. The maximum atomic E-state index is 8.78. The number of likely N-dealkylation sites (N-methyl/N-ethyl adjacent to an activating group) is 1. The minimum Gasteiger partial charge on any atom is -0.308 e. The maximum Gasteiger partial charge on any atom is 0.0625 e. The minimum absolute atomic E-state index is 0.308. The summed E-state index contributed by atoms with van der Waals surface area (Å²) < 4.78 is 0. The predicted octanol–water partition coefficient (Wildman–Crippen LogP) is 1.95. The number of rotatable bonds is 4. The van der Waals surface area contributed by atoms with Gasteiger partial charge in [-0.3, -0.25) is 4.90 Å². The number of nitrogens with zero attached hydrogens (tertiary/aromatic N) is 3. The van der Waals surface area contributed by atoms with Crippen LogP contribution in [0.2, 0.25) is 0 Å². The van der Waals surface area contributed by atoms with Crippen molar-refractivity contribution in [1.82, 2.24) is 9.80 Å². The molecule has 1 heterocycles. The SMILES string of the molecule is CN(C)CCN1CC(CC#N)CCC1(C)C. The highest BCUT2D eigenvalue weighted by molar-refractivity contribution is 4.91. The molecule has 0 aromatic heterocycles. The lowest BCUT2D eigenvalue weighted by Crippen LogP contribution is -2.52. The molecule has 92 valence electrons. The van der Waals surface area contributed by atoms with Gasteiger partial charge in [-0.2, -0.15) is 5.26 Å². The van der Waals surface area contributed by atoms with Crippen molar-refractivity contribution in [2.45, 2.75) is 38.6 Å². The van der Waals surface area contributed by atoms with Crippen molar-refractivity contribution in [3.63, 3.8) is 0 Å². The zero-order valence-electron chi connectivity index (χ0n) is 11.2. The third-order valence-corrected chi connectivity index (χ3v) is 3.70. The van der Waals surface area contributed by atoms with Gasteiger partial charge < -0.3 is 4.90 Å². The summed E-state index contributed by atoms with van der Waals surface area (Å²) >= 11 is 0. The second-order valence-corrected chi connectivity index (χ2v) is 5.83. The highest BCUT2D eigenvalue weighted by Crippen LogP contribution is 2.31. The van der Waals surface area contributed by atoms with Gasteiger partial charge in [0.1, 0.15) is 0 Å². The van der Waals surface area contributed by atoms with Gasteiger partial charge in [0, 0.05) is 31.6 Å². The standard InChI is InChI=1S/C13H25N3/c1-13(2)7-5-12(6-8-14)11-16(13)10-9-15(3)4/h12H,5-7,9-11H2,1-4H3. The Morgan fingerprint density at radius 2 is 2.12 bits per heavy atom. The number of nitriles is 1. The molecule has 0 aromatic carbocycles. The topological polar surface area (TPSA) is 30.3 Å². The molecule has 3 heteroatoms. The van der Waals surface area contributed by atoms with Crippen LogP contribution in [-0.4, -0.2) is 49.1 Å². The first kappa shape index (κ1) is 13.5. The number of hydrogen-bond donors (Lipinski definition) is 0. The zero-order valence-corrected chi connectivity index (χ0v) is 11.2. The fraction of sp³-hybridized carbons (Fsp3) is 0.923. The molecule has 1 rings (SSSR count). The van der Waals surface area contributed by atoms with E-state index in [0.29, 0.717) is 17.9 Å². The van der Waals surface area contributed by atoms with Crippen LogP contribution in [0.15, 0.2) is 0 Å². The van der Waals surface area contributed by atoms with Crippen LogP contribution in [0.5, 0.6) is 0 Å². The normalized spacial score (nSPS) is 25.6. The van der Waals surface area contributed by atoms with E-state index in [1.54, 1.807) is 0 Å². The molecule has 1 aliphatic rings. The van der Waals surface area contributed by atoms with Gasteiger partial charge in [0.25, 0.3) is 0 Å². The van der Waals surface area contributed by atoms with Crippen LogP contribution in [0.3, 0.4) is 0 Å². The van der Waals surface area contributed by atoms with Gasteiger partial charge in [-0.15, -0.1) is 0 Å². The molecule has 1 fully saturated rings. The van der Waals surface area contributed by atoms with Gasteiger partial charge in [0.05, 0.1) is 6.07 Å². The summed E-state index contributed by atoms with van der Waals surface area (Å²) in [6.07, 6.45) is 3.14. The molecule has 1 atom stereocenters. The fourth-order valence-electron chi connectivity index (χ4n) is 2.38. The van der Waals surface area contributed by atoms with Gasteiger partial charge in [-0.05, 0) is 46.7 Å². The first-order chi connectivity index (χ1) is 7.45. The van der Waals surface area contributed by atoms with E-state index in [4.69, 9.17) is 5.26 Å². The van der Waals surface area contributed by atoms with Gasteiger partial charge in [0.2, 0.25) is 0 Å². The van der Waals surface area contributed by atoms with Crippen molar-refractivity contribution in [1.29, 1.82) is 5.26 Å². The molecule has 1 unspecified atom stereocenters. The van der Waals surface area contributed by atoms with Crippen molar-refractivity contribution in [2.75, 3.05) is 33.7 Å². The summed E-state index contributed by atoms with van der Waals surface area (Å²) in [6, 6.07) is 2.31. The molecule has 1 saturated heterocycles. The lowest BCUT2D eigenvalue weighted by Gasteiger charge is -2.45. The molecule has 0 N–H and O–H groups in total. The fourth-order valence-corrected chi connectivity index (χ4v) is 2.38. The Labute approximate surface area is 100 Å². The van der Waals surface area contributed by atoms with E-state index in [1.807, 2.05) is 0 Å². The first-order valence-corrected chi connectivity index (χ1v) is 6.22. The van der Waals surface area contributed by atoms with Gasteiger partial charge >= 0.3 is 0 Å². The second kappa shape index (κ2) is 5.65. The Morgan fingerprint density at radius 3 is 2.69 bits per heavy atom. The molecule has 0 saturated carbocycles. The molecule has 0 bridgehead atoms. The van der Waals surface area contributed by atoms with Crippen molar-refractivity contribution < 1.29 is 0 Å². The Hall–Kier alpha value is -0.590. The molecule has 0 spiro atoms.